The number of nitrogens with zero attached hydrogens (tertiary/aromatic N) is 3. The molecule has 1 aromatic heterocycles. The number of urea groups is 1. The molecule has 0 bridgehead atoms. The maximum atomic E-state index is 12.1. The van der Waals surface area contributed by atoms with Gasteiger partial charge in [-0.25, -0.2) is 9.59 Å². The lowest BCUT2D eigenvalue weighted by molar-refractivity contribution is -0.141. The topological polar surface area (TPSA) is 96.7 Å². The molecule has 1 fully saturated rings. The molecule has 2 N–H and O–H groups in total. The molecule has 8 nitrogen and oxygen atoms in total. The molecule has 1 aromatic rings. The molecule has 2 rings (SSSR count). The summed E-state index contributed by atoms with van der Waals surface area (Å²) in [5, 5.41) is 15.9. The predicted molar refractivity (Wildman–Crippen MR) is 69.0 cm³/mol. The molecule has 1 aliphatic rings. The normalized spacial score (nSPS) is 22.0. The number of rotatable bonds is 4. The Hall–Kier alpha value is -2.09. The van der Waals surface area contributed by atoms with Gasteiger partial charge in [-0.2, -0.15) is 5.10 Å². The van der Waals surface area contributed by atoms with Crippen molar-refractivity contribution in [2.45, 2.75) is 25.1 Å². The van der Waals surface area contributed by atoms with Gasteiger partial charge in [-0.15, -0.1) is 0 Å². The largest absolute Gasteiger partial charge is 0.480 e. The first-order valence-corrected chi connectivity index (χ1v) is 6.30. The van der Waals surface area contributed by atoms with Crippen LogP contribution in [0.25, 0.3) is 0 Å². The Bertz CT molecular complexity index is 501. The van der Waals surface area contributed by atoms with Crippen molar-refractivity contribution in [3.63, 3.8) is 0 Å². The number of hydrogen-bond acceptors (Lipinski definition) is 4. The predicted octanol–water partition coefficient (Wildman–Crippen LogP) is -0.196. The number of aryl methyl sites for hydroxylation is 1. The van der Waals surface area contributed by atoms with Crippen molar-refractivity contribution < 1.29 is 19.4 Å². The molecule has 0 aliphatic carbocycles. The lowest BCUT2D eigenvalue weighted by atomic mass is 10.2. The van der Waals surface area contributed by atoms with Crippen LogP contribution in [0.1, 0.15) is 12.1 Å². The van der Waals surface area contributed by atoms with Crippen LogP contribution >= 0.6 is 0 Å². The van der Waals surface area contributed by atoms with Crippen molar-refractivity contribution in [1.29, 1.82) is 0 Å². The number of hydrogen-bond donors (Lipinski definition) is 2. The van der Waals surface area contributed by atoms with Crippen LogP contribution in [0.5, 0.6) is 0 Å². The SMILES string of the molecule is COC1CC(C(=O)O)N(C(=O)NCc2ccnn2C)C1. The van der Waals surface area contributed by atoms with E-state index >= 15 is 0 Å². The van der Waals surface area contributed by atoms with Gasteiger partial charge in [0.25, 0.3) is 0 Å². The summed E-state index contributed by atoms with van der Waals surface area (Å²) in [4.78, 5) is 24.6. The van der Waals surface area contributed by atoms with E-state index in [1.165, 1.54) is 12.0 Å². The summed E-state index contributed by atoms with van der Waals surface area (Å²) >= 11 is 0. The standard InChI is InChI=1S/C12H18N4O4/c1-15-8(3-4-14-15)6-13-12(19)16-7-9(20-2)5-10(16)11(17)18/h3-4,9-10H,5-7H2,1-2H3,(H,13,19)(H,17,18). The molecule has 2 unspecified atom stereocenters. The van der Waals surface area contributed by atoms with E-state index in [-0.39, 0.29) is 12.6 Å². The number of carbonyl (C=O) groups excluding carboxylic acids is 1. The third-order valence-corrected chi connectivity index (χ3v) is 3.49. The molecule has 0 spiro atoms. The molecule has 0 saturated carbocycles. The Labute approximate surface area is 116 Å². The van der Waals surface area contributed by atoms with E-state index in [1.54, 1.807) is 24.0 Å². The number of likely N-dealkylation sites (tertiary alicyclic amines) is 1. The van der Waals surface area contributed by atoms with Gasteiger partial charge in [0, 0.05) is 33.3 Å². The summed E-state index contributed by atoms with van der Waals surface area (Å²) in [6.07, 6.45) is 1.71. The second-order valence-electron chi connectivity index (χ2n) is 4.70. The molecule has 8 heteroatoms. The Morgan fingerprint density at radius 1 is 1.60 bits per heavy atom. The van der Waals surface area contributed by atoms with Crippen molar-refractivity contribution in [3.05, 3.63) is 18.0 Å². The molecular weight excluding hydrogens is 264 g/mol. The van der Waals surface area contributed by atoms with Gasteiger partial charge in [-0.05, 0) is 6.07 Å². The minimum atomic E-state index is -1.01. The van der Waals surface area contributed by atoms with E-state index in [0.717, 1.165) is 5.69 Å². The van der Waals surface area contributed by atoms with E-state index < -0.39 is 18.0 Å². The molecule has 1 saturated heterocycles. The Morgan fingerprint density at radius 2 is 2.35 bits per heavy atom. The number of aliphatic carboxylic acids is 1. The van der Waals surface area contributed by atoms with Gasteiger partial charge in [0.2, 0.25) is 0 Å². The van der Waals surface area contributed by atoms with Gasteiger partial charge >= 0.3 is 12.0 Å². The average molecular weight is 282 g/mol. The number of methoxy groups -OCH3 is 1. The van der Waals surface area contributed by atoms with E-state index in [9.17, 15) is 9.59 Å². The van der Waals surface area contributed by atoms with Crippen molar-refractivity contribution in [2.24, 2.45) is 7.05 Å². The second-order valence-corrected chi connectivity index (χ2v) is 4.70. The van der Waals surface area contributed by atoms with Crippen LogP contribution in [0.4, 0.5) is 4.79 Å². The number of carboxylic acids is 1. The van der Waals surface area contributed by atoms with Gasteiger partial charge in [0.15, 0.2) is 0 Å². The molecule has 1 aliphatic heterocycles. The van der Waals surface area contributed by atoms with Crippen molar-refractivity contribution >= 4 is 12.0 Å². The summed E-state index contributed by atoms with van der Waals surface area (Å²) in [6, 6.07) is 0.543. The van der Waals surface area contributed by atoms with Crippen molar-refractivity contribution in [2.75, 3.05) is 13.7 Å². The van der Waals surface area contributed by atoms with Crippen LogP contribution < -0.4 is 5.32 Å². The lowest BCUT2D eigenvalue weighted by Crippen LogP contribution is -2.46. The van der Waals surface area contributed by atoms with E-state index in [1.807, 2.05) is 0 Å². The summed E-state index contributed by atoms with van der Waals surface area (Å²) < 4.78 is 6.79. The molecule has 110 valence electrons. The minimum absolute atomic E-state index is 0.237. The van der Waals surface area contributed by atoms with Gasteiger partial charge < -0.3 is 20.1 Å². The smallest absolute Gasteiger partial charge is 0.326 e. The molecule has 2 amide bonds. The van der Waals surface area contributed by atoms with E-state index in [4.69, 9.17) is 9.84 Å². The number of carboxylic acid groups (broad SMARTS) is 1. The highest BCUT2D eigenvalue weighted by molar-refractivity contribution is 5.83. The molecule has 0 aromatic carbocycles. The average Bonchev–Trinajstić information content (AvgIpc) is 3.02. The maximum Gasteiger partial charge on any atom is 0.326 e. The Morgan fingerprint density at radius 3 is 2.90 bits per heavy atom. The molecule has 20 heavy (non-hydrogen) atoms. The van der Waals surface area contributed by atoms with Crippen LogP contribution in [-0.2, 0) is 23.1 Å². The zero-order chi connectivity index (χ0) is 14.7. The number of carbonyl (C=O) groups is 2. The molecule has 2 heterocycles. The Balaban J connectivity index is 1.97. The van der Waals surface area contributed by atoms with E-state index in [0.29, 0.717) is 13.0 Å². The van der Waals surface area contributed by atoms with Gasteiger partial charge in [0.05, 0.1) is 18.3 Å². The lowest BCUT2D eigenvalue weighted by Gasteiger charge is -2.21. The van der Waals surface area contributed by atoms with Gasteiger partial charge in [0.1, 0.15) is 6.04 Å². The summed E-state index contributed by atoms with van der Waals surface area (Å²) in [5.74, 6) is -1.01. The monoisotopic (exact) mass is 282 g/mol. The number of ether oxygens (including phenoxy) is 1. The Kier molecular flexibility index (Phi) is 4.23. The summed E-state index contributed by atoms with van der Waals surface area (Å²) in [5.41, 5.74) is 0.840. The molecular formula is C12H18N4O4. The first kappa shape index (κ1) is 14.3. The van der Waals surface area contributed by atoms with Crippen LogP contribution in [0, 0.1) is 0 Å². The highest BCUT2D eigenvalue weighted by Gasteiger charge is 2.39. The number of nitrogens with one attached hydrogen (secondary N) is 1. The van der Waals surface area contributed by atoms with E-state index in [2.05, 4.69) is 10.4 Å². The van der Waals surface area contributed by atoms with Crippen LogP contribution in [-0.4, -0.2) is 57.6 Å². The molecule has 2 atom stereocenters. The van der Waals surface area contributed by atoms with Crippen LogP contribution in [0.15, 0.2) is 12.3 Å². The fourth-order valence-corrected chi connectivity index (χ4v) is 2.27. The third-order valence-electron chi connectivity index (χ3n) is 3.49. The summed E-state index contributed by atoms with van der Waals surface area (Å²) in [7, 11) is 3.29. The second kappa shape index (κ2) is 5.91. The highest BCUT2D eigenvalue weighted by Crippen LogP contribution is 2.20. The van der Waals surface area contributed by atoms with Gasteiger partial charge in [-0.3, -0.25) is 4.68 Å². The fraction of sp³-hybridized carbons (Fsp3) is 0.583. The maximum absolute atomic E-state index is 12.1. The summed E-state index contributed by atoms with van der Waals surface area (Å²) in [6.45, 7) is 0.584. The first-order valence-electron chi connectivity index (χ1n) is 6.30. The molecule has 0 radical (unpaired) electrons. The highest BCUT2D eigenvalue weighted by atomic mass is 16.5. The van der Waals surface area contributed by atoms with Crippen molar-refractivity contribution in [3.8, 4) is 0 Å². The van der Waals surface area contributed by atoms with Gasteiger partial charge in [-0.1, -0.05) is 0 Å². The quantitative estimate of drug-likeness (QED) is 0.797. The van der Waals surface area contributed by atoms with Crippen molar-refractivity contribution in [1.82, 2.24) is 20.0 Å². The van der Waals surface area contributed by atoms with Crippen LogP contribution in [0.3, 0.4) is 0 Å². The first-order chi connectivity index (χ1) is 9.52. The zero-order valence-corrected chi connectivity index (χ0v) is 11.4. The zero-order valence-electron chi connectivity index (χ0n) is 11.4. The minimum Gasteiger partial charge on any atom is -0.480 e. The number of amides is 2. The third kappa shape index (κ3) is 2.90. The number of aromatic nitrogens is 2. The van der Waals surface area contributed by atoms with Crippen LogP contribution in [0.2, 0.25) is 0 Å². The fourth-order valence-electron chi connectivity index (χ4n) is 2.27.